The molecule has 0 bridgehead atoms. The van der Waals surface area contributed by atoms with Crippen LogP contribution in [0.25, 0.3) is 0 Å². The van der Waals surface area contributed by atoms with Crippen molar-refractivity contribution < 1.29 is 0 Å². The molecule has 0 radical (unpaired) electrons. The molecule has 0 aliphatic rings. The topological polar surface area (TPSA) is 42.1 Å². The number of anilines is 1. The van der Waals surface area contributed by atoms with Gasteiger partial charge in [-0.05, 0) is 43.0 Å². The number of aromatic nitrogens is 1. The zero-order chi connectivity index (χ0) is 13.1. The van der Waals surface area contributed by atoms with Crippen LogP contribution in [-0.2, 0) is 0 Å². The summed E-state index contributed by atoms with van der Waals surface area (Å²) in [6, 6.07) is 8.63. The Morgan fingerprint density at radius 1 is 1.33 bits per heavy atom. The fourth-order valence-corrected chi connectivity index (χ4v) is 2.65. The van der Waals surface area contributed by atoms with Crippen molar-refractivity contribution in [1.29, 1.82) is 0 Å². The molecule has 2 heterocycles. The van der Waals surface area contributed by atoms with Gasteiger partial charge in [0, 0.05) is 24.2 Å². The van der Waals surface area contributed by atoms with Crippen LogP contribution in [0, 0.1) is 0 Å². The van der Waals surface area contributed by atoms with E-state index in [-0.39, 0.29) is 6.04 Å². The highest BCUT2D eigenvalue weighted by Gasteiger charge is 2.14. The lowest BCUT2D eigenvalue weighted by molar-refractivity contribution is 0.737. The highest BCUT2D eigenvalue weighted by molar-refractivity contribution is 7.10. The molecule has 0 spiro atoms. The summed E-state index contributed by atoms with van der Waals surface area (Å²) in [6.07, 6.45) is 1.83. The predicted molar refractivity (Wildman–Crippen MR) is 78.0 cm³/mol. The van der Waals surface area contributed by atoms with Crippen LogP contribution in [0.4, 0.5) is 5.82 Å². The SMILES string of the molecule is CC(N)c1ccnc(N(C)C(C)c2cccs2)c1. The molecule has 2 aromatic heterocycles. The van der Waals surface area contributed by atoms with E-state index in [1.54, 1.807) is 11.3 Å². The van der Waals surface area contributed by atoms with E-state index in [1.807, 2.05) is 19.2 Å². The second-order valence-corrected chi connectivity index (χ2v) is 5.52. The summed E-state index contributed by atoms with van der Waals surface area (Å²) < 4.78 is 0. The standard InChI is InChI=1S/C14H19N3S/c1-10(15)12-6-7-16-14(9-12)17(3)11(2)13-5-4-8-18-13/h4-11H,15H2,1-3H3. The molecule has 0 aromatic carbocycles. The minimum absolute atomic E-state index is 0.0391. The van der Waals surface area contributed by atoms with Crippen LogP contribution in [0.15, 0.2) is 35.8 Å². The van der Waals surface area contributed by atoms with E-state index >= 15 is 0 Å². The average molecular weight is 261 g/mol. The first-order valence-electron chi connectivity index (χ1n) is 6.07. The van der Waals surface area contributed by atoms with Crippen molar-refractivity contribution >= 4 is 17.2 Å². The molecule has 0 saturated carbocycles. The van der Waals surface area contributed by atoms with E-state index in [2.05, 4.69) is 47.4 Å². The first-order valence-corrected chi connectivity index (χ1v) is 6.95. The number of thiophene rings is 1. The number of pyridine rings is 1. The maximum Gasteiger partial charge on any atom is 0.129 e. The number of hydrogen-bond donors (Lipinski definition) is 1. The largest absolute Gasteiger partial charge is 0.352 e. The fourth-order valence-electron chi connectivity index (χ4n) is 1.83. The Kier molecular flexibility index (Phi) is 3.99. The number of rotatable bonds is 4. The van der Waals surface area contributed by atoms with Crippen molar-refractivity contribution in [2.45, 2.75) is 25.9 Å². The molecule has 2 aromatic rings. The van der Waals surface area contributed by atoms with E-state index in [1.165, 1.54) is 4.88 Å². The molecule has 0 fully saturated rings. The summed E-state index contributed by atoms with van der Waals surface area (Å²) in [5.74, 6) is 0.964. The Morgan fingerprint density at radius 3 is 2.72 bits per heavy atom. The molecule has 0 saturated heterocycles. The predicted octanol–water partition coefficient (Wildman–Crippen LogP) is 3.36. The number of nitrogens with zero attached hydrogens (tertiary/aromatic N) is 2. The fraction of sp³-hybridized carbons (Fsp3) is 0.357. The van der Waals surface area contributed by atoms with Crippen molar-refractivity contribution in [2.75, 3.05) is 11.9 Å². The minimum atomic E-state index is 0.0391. The third-order valence-corrected chi connectivity index (χ3v) is 4.24. The van der Waals surface area contributed by atoms with Crippen LogP contribution in [0.1, 0.15) is 36.4 Å². The molecule has 3 nitrogen and oxygen atoms in total. The Morgan fingerprint density at radius 2 is 2.11 bits per heavy atom. The maximum atomic E-state index is 5.91. The molecule has 0 aliphatic heterocycles. The van der Waals surface area contributed by atoms with Crippen LogP contribution in [-0.4, -0.2) is 12.0 Å². The smallest absolute Gasteiger partial charge is 0.129 e. The van der Waals surface area contributed by atoms with Crippen LogP contribution >= 0.6 is 11.3 Å². The molecule has 2 unspecified atom stereocenters. The zero-order valence-corrected chi connectivity index (χ0v) is 11.8. The summed E-state index contributed by atoms with van der Waals surface area (Å²) in [5, 5.41) is 2.10. The molecule has 18 heavy (non-hydrogen) atoms. The molecule has 4 heteroatoms. The third-order valence-electron chi connectivity index (χ3n) is 3.19. The van der Waals surface area contributed by atoms with Crippen LogP contribution in [0.3, 0.4) is 0 Å². The lowest BCUT2D eigenvalue weighted by Gasteiger charge is -2.25. The monoisotopic (exact) mass is 261 g/mol. The van der Waals surface area contributed by atoms with Gasteiger partial charge in [-0.15, -0.1) is 11.3 Å². The highest BCUT2D eigenvalue weighted by Crippen LogP contribution is 2.27. The van der Waals surface area contributed by atoms with Crippen LogP contribution in [0.2, 0.25) is 0 Å². The van der Waals surface area contributed by atoms with Crippen molar-refractivity contribution in [3.05, 3.63) is 46.3 Å². The second kappa shape index (κ2) is 5.50. The molecule has 0 amide bonds. The van der Waals surface area contributed by atoms with E-state index < -0.39 is 0 Å². The summed E-state index contributed by atoms with van der Waals surface area (Å²) in [6.45, 7) is 4.17. The van der Waals surface area contributed by atoms with Gasteiger partial charge in [-0.25, -0.2) is 4.98 Å². The normalized spacial score (nSPS) is 14.2. The average Bonchev–Trinajstić information content (AvgIpc) is 2.91. The van der Waals surface area contributed by atoms with Gasteiger partial charge >= 0.3 is 0 Å². The summed E-state index contributed by atoms with van der Waals surface area (Å²) >= 11 is 1.77. The first-order chi connectivity index (χ1) is 8.59. The van der Waals surface area contributed by atoms with E-state index in [4.69, 9.17) is 5.73 Å². The third kappa shape index (κ3) is 2.71. The summed E-state index contributed by atoms with van der Waals surface area (Å²) in [5.41, 5.74) is 7.03. The van der Waals surface area contributed by atoms with Crippen molar-refractivity contribution in [3.63, 3.8) is 0 Å². The van der Waals surface area contributed by atoms with E-state index in [0.29, 0.717) is 6.04 Å². The van der Waals surface area contributed by atoms with Crippen LogP contribution in [0.5, 0.6) is 0 Å². The van der Waals surface area contributed by atoms with Gasteiger partial charge in [0.25, 0.3) is 0 Å². The Balaban J connectivity index is 2.23. The van der Waals surface area contributed by atoms with Crippen LogP contribution < -0.4 is 10.6 Å². The lowest BCUT2D eigenvalue weighted by atomic mass is 10.1. The van der Waals surface area contributed by atoms with Gasteiger partial charge in [0.05, 0.1) is 6.04 Å². The van der Waals surface area contributed by atoms with E-state index in [9.17, 15) is 0 Å². The lowest BCUT2D eigenvalue weighted by Crippen LogP contribution is -2.22. The molecule has 2 N–H and O–H groups in total. The molecular formula is C14H19N3S. The van der Waals surface area contributed by atoms with Gasteiger partial charge in [-0.1, -0.05) is 6.07 Å². The van der Waals surface area contributed by atoms with Gasteiger partial charge < -0.3 is 10.6 Å². The first kappa shape index (κ1) is 13.1. The van der Waals surface area contributed by atoms with Gasteiger partial charge in [0.2, 0.25) is 0 Å². The highest BCUT2D eigenvalue weighted by atomic mass is 32.1. The molecular weight excluding hydrogens is 242 g/mol. The molecule has 96 valence electrons. The van der Waals surface area contributed by atoms with Gasteiger partial charge in [0.1, 0.15) is 5.82 Å². The van der Waals surface area contributed by atoms with Crippen molar-refractivity contribution in [3.8, 4) is 0 Å². The van der Waals surface area contributed by atoms with Crippen molar-refractivity contribution in [2.24, 2.45) is 5.73 Å². The minimum Gasteiger partial charge on any atom is -0.352 e. The molecule has 2 rings (SSSR count). The summed E-state index contributed by atoms with van der Waals surface area (Å²) in [4.78, 5) is 7.94. The van der Waals surface area contributed by atoms with E-state index in [0.717, 1.165) is 11.4 Å². The quantitative estimate of drug-likeness (QED) is 0.917. The van der Waals surface area contributed by atoms with Crippen molar-refractivity contribution in [1.82, 2.24) is 4.98 Å². The number of nitrogens with two attached hydrogens (primary N) is 1. The van der Waals surface area contributed by atoms with Gasteiger partial charge in [-0.2, -0.15) is 0 Å². The van der Waals surface area contributed by atoms with Gasteiger partial charge in [-0.3, -0.25) is 0 Å². The van der Waals surface area contributed by atoms with Gasteiger partial charge in [0.15, 0.2) is 0 Å². The summed E-state index contributed by atoms with van der Waals surface area (Å²) in [7, 11) is 2.07. The second-order valence-electron chi connectivity index (χ2n) is 4.54. The Bertz CT molecular complexity index is 494. The molecule has 0 aliphatic carbocycles. The maximum absolute atomic E-state index is 5.91. The number of hydrogen-bond acceptors (Lipinski definition) is 4. The molecule has 2 atom stereocenters. The zero-order valence-electron chi connectivity index (χ0n) is 11.0. The Hall–Kier alpha value is -1.39. The Labute approximate surface area is 112 Å².